The van der Waals surface area contributed by atoms with Crippen LogP contribution in [0.5, 0.6) is 0 Å². The molecule has 0 aliphatic carbocycles. The summed E-state index contributed by atoms with van der Waals surface area (Å²) >= 11 is 0. The Morgan fingerprint density at radius 1 is 0.327 bits per heavy atom. The number of para-hydroxylation sites is 2. The Balaban J connectivity index is 1.13. The first kappa shape index (κ1) is 29.7. The number of furan rings is 1. The lowest BCUT2D eigenvalue weighted by molar-refractivity contribution is 0.620. The Morgan fingerprint density at radius 2 is 0.846 bits per heavy atom. The van der Waals surface area contributed by atoms with E-state index in [-0.39, 0.29) is 0 Å². The number of hydrogen-bond acceptors (Lipinski definition) is 6. The van der Waals surface area contributed by atoms with Gasteiger partial charge in [-0.25, -0.2) is 19.9 Å². The molecule has 10 rings (SSSR count). The molecule has 52 heavy (non-hydrogen) atoms. The van der Waals surface area contributed by atoms with Crippen molar-refractivity contribution in [2.24, 2.45) is 0 Å². The van der Waals surface area contributed by atoms with Gasteiger partial charge in [0, 0.05) is 33.0 Å². The summed E-state index contributed by atoms with van der Waals surface area (Å²) in [6.07, 6.45) is 0. The van der Waals surface area contributed by atoms with Crippen molar-refractivity contribution in [1.29, 1.82) is 0 Å². The van der Waals surface area contributed by atoms with Crippen LogP contribution in [0.25, 0.3) is 101 Å². The Kier molecular flexibility index (Phi) is 7.03. The molecule has 0 saturated heterocycles. The summed E-state index contributed by atoms with van der Waals surface area (Å²) in [5.41, 5.74) is 11.1. The fourth-order valence-corrected chi connectivity index (χ4v) is 6.78. The summed E-state index contributed by atoms with van der Waals surface area (Å²) in [7, 11) is 0. The Bertz CT molecular complexity index is 2740. The predicted molar refractivity (Wildman–Crippen MR) is 207 cm³/mol. The van der Waals surface area contributed by atoms with Crippen LogP contribution < -0.4 is 0 Å². The number of aromatic nitrogens is 4. The Labute approximate surface area is 298 Å². The molecule has 0 saturated carbocycles. The van der Waals surface area contributed by atoms with Gasteiger partial charge in [-0.1, -0.05) is 133 Å². The minimum absolute atomic E-state index is 0.553. The topological polar surface area (TPSA) is 77.8 Å². The minimum atomic E-state index is 0.553. The second-order valence-electron chi connectivity index (χ2n) is 12.7. The molecule has 6 heteroatoms. The molecule has 6 nitrogen and oxygen atoms in total. The van der Waals surface area contributed by atoms with Gasteiger partial charge in [-0.2, -0.15) is 0 Å². The van der Waals surface area contributed by atoms with Crippen molar-refractivity contribution in [2.75, 3.05) is 0 Å². The summed E-state index contributed by atoms with van der Waals surface area (Å²) in [5, 5.41) is 1.84. The zero-order valence-electron chi connectivity index (χ0n) is 27.8. The molecule has 0 unspecified atom stereocenters. The minimum Gasteiger partial charge on any atom is -0.456 e. The molecule has 0 N–H and O–H groups in total. The molecule has 10 aromatic rings. The van der Waals surface area contributed by atoms with Gasteiger partial charge >= 0.3 is 0 Å². The number of hydrogen-bond donors (Lipinski definition) is 0. The maximum absolute atomic E-state index is 6.38. The fourth-order valence-electron chi connectivity index (χ4n) is 6.78. The van der Waals surface area contributed by atoms with Gasteiger partial charge < -0.3 is 8.83 Å². The van der Waals surface area contributed by atoms with E-state index in [1.165, 1.54) is 0 Å². The van der Waals surface area contributed by atoms with Gasteiger partial charge in [-0.3, -0.25) is 0 Å². The van der Waals surface area contributed by atoms with E-state index in [1.54, 1.807) is 0 Å². The summed E-state index contributed by atoms with van der Waals surface area (Å²) < 4.78 is 12.5. The van der Waals surface area contributed by atoms with Crippen LogP contribution in [0.15, 0.2) is 179 Å². The second-order valence-corrected chi connectivity index (χ2v) is 12.7. The van der Waals surface area contributed by atoms with Gasteiger partial charge in [-0.15, -0.1) is 0 Å². The summed E-state index contributed by atoms with van der Waals surface area (Å²) in [4.78, 5) is 20.0. The number of nitrogens with zero attached hydrogens (tertiary/aromatic N) is 4. The van der Waals surface area contributed by atoms with E-state index in [9.17, 15) is 0 Å². The van der Waals surface area contributed by atoms with E-state index in [2.05, 4.69) is 78.9 Å². The normalized spacial score (nSPS) is 11.5. The van der Waals surface area contributed by atoms with Crippen LogP contribution >= 0.6 is 0 Å². The lowest BCUT2D eigenvalue weighted by Gasteiger charge is -2.10. The van der Waals surface area contributed by atoms with Gasteiger partial charge in [0.2, 0.25) is 5.89 Å². The molecule has 0 aliphatic rings. The SMILES string of the molecule is c1ccc(-c2ccc(-c3nc(-c4ccc(-c5ccccc5)cc4)nc(-c4cccc5oc6ccc(-c7nc8ccccc8o7)cc6c45)n3)cc2)cc1. The molecule has 0 amide bonds. The third kappa shape index (κ3) is 5.30. The quantitative estimate of drug-likeness (QED) is 0.175. The van der Waals surface area contributed by atoms with Crippen LogP contribution in [0.4, 0.5) is 0 Å². The molecule has 0 aliphatic heterocycles. The smallest absolute Gasteiger partial charge is 0.227 e. The number of benzene rings is 7. The first-order valence-electron chi connectivity index (χ1n) is 17.1. The lowest BCUT2D eigenvalue weighted by atomic mass is 10.0. The zero-order chi connectivity index (χ0) is 34.4. The van der Waals surface area contributed by atoms with Crippen LogP contribution in [0.1, 0.15) is 0 Å². The molecule has 0 atom stereocenters. The summed E-state index contributed by atoms with van der Waals surface area (Å²) in [6.45, 7) is 0. The van der Waals surface area contributed by atoms with Crippen LogP contribution in [0.3, 0.4) is 0 Å². The molecule has 0 fully saturated rings. The molecule has 0 bridgehead atoms. The number of fused-ring (bicyclic) bond motifs is 4. The zero-order valence-corrected chi connectivity index (χ0v) is 27.8. The van der Waals surface area contributed by atoms with E-state index in [0.717, 1.165) is 77.5 Å². The predicted octanol–water partition coefficient (Wildman–Crippen LogP) is 11.9. The first-order valence-corrected chi connectivity index (χ1v) is 17.1. The Hall–Kier alpha value is -7.18. The maximum atomic E-state index is 6.38. The average molecular weight is 669 g/mol. The van der Waals surface area contributed by atoms with E-state index < -0.39 is 0 Å². The highest BCUT2D eigenvalue weighted by Gasteiger charge is 2.19. The van der Waals surface area contributed by atoms with Crippen LogP contribution in [0.2, 0.25) is 0 Å². The van der Waals surface area contributed by atoms with Crippen molar-refractivity contribution in [1.82, 2.24) is 19.9 Å². The highest BCUT2D eigenvalue weighted by Crippen LogP contribution is 2.39. The van der Waals surface area contributed by atoms with E-state index in [1.807, 2.05) is 91.0 Å². The van der Waals surface area contributed by atoms with Crippen LogP contribution in [-0.4, -0.2) is 19.9 Å². The summed E-state index contributed by atoms with van der Waals surface area (Å²) in [6, 6.07) is 57.2. The Morgan fingerprint density at radius 3 is 1.48 bits per heavy atom. The number of oxazole rings is 1. The van der Waals surface area contributed by atoms with Crippen LogP contribution in [0, 0.1) is 0 Å². The fraction of sp³-hybridized carbons (Fsp3) is 0. The second kappa shape index (κ2) is 12.3. The standard InChI is InChI=1S/C46H28N4O2/c1-3-10-29(11-4-1)31-18-22-33(23-19-31)43-48-44(34-24-20-32(21-25-34)30-12-5-2-6-13-30)50-45(49-43)36-14-9-17-41-42(36)37-28-35(26-27-39(37)51-41)46-47-38-15-7-8-16-40(38)52-46/h1-28H. The molecule has 244 valence electrons. The van der Waals surface area contributed by atoms with Crippen LogP contribution in [-0.2, 0) is 0 Å². The average Bonchev–Trinajstić information content (AvgIpc) is 3.83. The third-order valence-electron chi connectivity index (χ3n) is 9.41. The van der Waals surface area contributed by atoms with Gasteiger partial charge in [0.05, 0.1) is 0 Å². The molecule has 0 radical (unpaired) electrons. The van der Waals surface area contributed by atoms with Crippen molar-refractivity contribution in [3.8, 4) is 67.9 Å². The van der Waals surface area contributed by atoms with Crippen molar-refractivity contribution < 1.29 is 8.83 Å². The first-order chi connectivity index (χ1) is 25.7. The molecule has 7 aromatic carbocycles. The molecular formula is C46H28N4O2. The van der Waals surface area contributed by atoms with Gasteiger partial charge in [0.15, 0.2) is 23.1 Å². The van der Waals surface area contributed by atoms with Crippen molar-refractivity contribution >= 4 is 33.0 Å². The number of rotatable bonds is 6. The van der Waals surface area contributed by atoms with Crippen molar-refractivity contribution in [3.05, 3.63) is 170 Å². The van der Waals surface area contributed by atoms with Gasteiger partial charge in [0.25, 0.3) is 0 Å². The highest BCUT2D eigenvalue weighted by atomic mass is 16.3. The van der Waals surface area contributed by atoms with E-state index in [0.29, 0.717) is 23.4 Å². The highest BCUT2D eigenvalue weighted by molar-refractivity contribution is 6.12. The van der Waals surface area contributed by atoms with Gasteiger partial charge in [0.1, 0.15) is 16.7 Å². The third-order valence-corrected chi connectivity index (χ3v) is 9.41. The molecular weight excluding hydrogens is 641 g/mol. The molecule has 3 heterocycles. The monoisotopic (exact) mass is 668 g/mol. The largest absolute Gasteiger partial charge is 0.456 e. The maximum Gasteiger partial charge on any atom is 0.227 e. The van der Waals surface area contributed by atoms with E-state index in [4.69, 9.17) is 28.8 Å². The van der Waals surface area contributed by atoms with Gasteiger partial charge in [-0.05, 0) is 58.7 Å². The summed E-state index contributed by atoms with van der Waals surface area (Å²) in [5.74, 6) is 2.28. The van der Waals surface area contributed by atoms with Crippen molar-refractivity contribution in [3.63, 3.8) is 0 Å². The lowest BCUT2D eigenvalue weighted by Crippen LogP contribution is -2.00. The van der Waals surface area contributed by atoms with Crippen molar-refractivity contribution in [2.45, 2.75) is 0 Å². The van der Waals surface area contributed by atoms with E-state index >= 15 is 0 Å². The molecule has 3 aromatic heterocycles. The molecule has 0 spiro atoms.